The molecule has 4 atom stereocenters. The molecule has 0 saturated heterocycles. The number of benzene rings is 4. The summed E-state index contributed by atoms with van der Waals surface area (Å²) in [4.78, 5) is 2.19. The van der Waals surface area contributed by atoms with Crippen molar-refractivity contribution in [3.8, 4) is 0 Å². The predicted octanol–water partition coefficient (Wildman–Crippen LogP) is 7.52. The summed E-state index contributed by atoms with van der Waals surface area (Å²) in [5, 5.41) is 18.1. The van der Waals surface area contributed by atoms with Gasteiger partial charge in [-0.3, -0.25) is 4.90 Å². The van der Waals surface area contributed by atoms with Crippen molar-refractivity contribution in [2.75, 3.05) is 34.3 Å². The number of halogens is 2. The summed E-state index contributed by atoms with van der Waals surface area (Å²) in [6.07, 6.45) is 2.87. The van der Waals surface area contributed by atoms with Crippen molar-refractivity contribution in [1.29, 1.82) is 0 Å². The van der Waals surface area contributed by atoms with Gasteiger partial charge in [0.2, 0.25) is 0 Å². The number of likely N-dealkylation sites (N-methyl/N-ethyl adjacent to an activating group) is 2. The maximum absolute atomic E-state index is 14.4. The minimum atomic E-state index is -1.10. The van der Waals surface area contributed by atoms with Crippen molar-refractivity contribution in [1.82, 2.24) is 19.4 Å². The van der Waals surface area contributed by atoms with Gasteiger partial charge in [0.05, 0.1) is 22.7 Å². The molecule has 0 bridgehead atoms. The van der Waals surface area contributed by atoms with E-state index in [0.717, 1.165) is 44.1 Å². The number of nitrogens with one attached hydrogen (secondary N) is 1. The minimum Gasteiger partial charge on any atom is -0.387 e. The third-order valence-electron chi connectivity index (χ3n) is 9.53. The van der Waals surface area contributed by atoms with Crippen LogP contribution in [0.15, 0.2) is 109 Å². The highest BCUT2D eigenvalue weighted by atomic mass is 35.5. The van der Waals surface area contributed by atoms with Gasteiger partial charge in [-0.15, -0.1) is 0 Å². The zero-order valence-corrected chi connectivity index (χ0v) is 28.2. The molecular formula is C39H42ClFN4O2. The van der Waals surface area contributed by atoms with Gasteiger partial charge in [-0.2, -0.15) is 0 Å². The van der Waals surface area contributed by atoms with Gasteiger partial charge in [-0.1, -0.05) is 84.4 Å². The van der Waals surface area contributed by atoms with Gasteiger partial charge >= 0.3 is 0 Å². The second-order valence-electron chi connectivity index (χ2n) is 12.4. The Morgan fingerprint density at radius 1 is 0.915 bits per heavy atom. The first-order valence-electron chi connectivity index (χ1n) is 15.9. The van der Waals surface area contributed by atoms with Crippen molar-refractivity contribution in [3.63, 3.8) is 0 Å². The van der Waals surface area contributed by atoms with Gasteiger partial charge in [0, 0.05) is 48.9 Å². The topological polar surface area (TPSA) is 54.6 Å². The van der Waals surface area contributed by atoms with E-state index in [0.29, 0.717) is 18.1 Å². The molecule has 0 spiro atoms. The molecule has 0 aliphatic heterocycles. The number of para-hydroxylation sites is 1. The number of aromatic nitrogens is 2. The van der Waals surface area contributed by atoms with Crippen LogP contribution in [-0.2, 0) is 10.4 Å². The highest BCUT2D eigenvalue weighted by Gasteiger charge is 2.47. The van der Waals surface area contributed by atoms with E-state index in [9.17, 15) is 9.50 Å². The molecule has 47 heavy (non-hydrogen) atoms. The molecule has 4 unspecified atom stereocenters. The fraction of sp³-hybridized carbons (Fsp3) is 0.282. The third kappa shape index (κ3) is 5.77. The zero-order valence-electron chi connectivity index (χ0n) is 27.5. The first-order chi connectivity index (χ1) is 22.7. The van der Waals surface area contributed by atoms with E-state index in [1.54, 1.807) is 13.2 Å². The molecule has 6 nitrogen and oxygen atoms in total. The van der Waals surface area contributed by atoms with Crippen molar-refractivity contribution < 1.29 is 14.2 Å². The van der Waals surface area contributed by atoms with Crippen LogP contribution in [-0.4, -0.2) is 65.6 Å². The van der Waals surface area contributed by atoms with Gasteiger partial charge in [0.25, 0.3) is 0 Å². The maximum Gasteiger partial charge on any atom is 0.151 e. The van der Waals surface area contributed by atoms with Gasteiger partial charge in [-0.05, 0) is 74.5 Å². The number of aliphatic hydroxyl groups excluding tert-OH is 1. The quantitative estimate of drug-likeness (QED) is 0.144. The van der Waals surface area contributed by atoms with Crippen LogP contribution in [0.5, 0.6) is 0 Å². The number of aliphatic hydroxyl groups is 1. The lowest BCUT2D eigenvalue weighted by molar-refractivity contribution is -0.0672. The average molecular weight is 653 g/mol. The molecule has 6 rings (SSSR count). The second-order valence-corrected chi connectivity index (χ2v) is 12.8. The number of aryl methyl sites for hydroxylation is 2. The smallest absolute Gasteiger partial charge is 0.151 e. The first-order valence-corrected chi connectivity index (χ1v) is 16.3. The Labute approximate surface area is 281 Å². The molecule has 8 heteroatoms. The normalized spacial score (nSPS) is 15.3. The van der Waals surface area contributed by atoms with E-state index in [-0.39, 0.29) is 11.9 Å². The number of methoxy groups -OCH3 is 1. The summed E-state index contributed by atoms with van der Waals surface area (Å²) >= 11 is 6.98. The van der Waals surface area contributed by atoms with Crippen LogP contribution in [0.3, 0.4) is 0 Å². The van der Waals surface area contributed by atoms with Crippen LogP contribution in [0.1, 0.15) is 28.3 Å². The Kier molecular flexibility index (Phi) is 9.55. The Balaban J connectivity index is 1.57. The van der Waals surface area contributed by atoms with Gasteiger partial charge < -0.3 is 24.3 Å². The fourth-order valence-electron chi connectivity index (χ4n) is 7.39. The lowest BCUT2D eigenvalue weighted by atomic mass is 9.89. The molecule has 0 fully saturated rings. The largest absolute Gasteiger partial charge is 0.387 e. The predicted molar refractivity (Wildman–Crippen MR) is 190 cm³/mol. The zero-order chi connectivity index (χ0) is 33.3. The highest BCUT2D eigenvalue weighted by Crippen LogP contribution is 2.41. The number of hydrogen-bond acceptors (Lipinski definition) is 4. The SMILES string of the molecule is CNCC(O)C(c1ccccc1)(N(C)CC(OC)C(c1ccccc1)n1cc(C)c2cc(F)ccc21)n1cc(C)c2cccc(Cl)c21. The minimum absolute atomic E-state index is 0.267. The van der Waals surface area contributed by atoms with Crippen molar-refractivity contribution >= 4 is 33.4 Å². The molecule has 0 saturated carbocycles. The molecule has 244 valence electrons. The van der Waals surface area contributed by atoms with E-state index >= 15 is 0 Å². The van der Waals surface area contributed by atoms with Crippen LogP contribution in [0, 0.1) is 19.7 Å². The molecule has 4 aromatic carbocycles. The van der Waals surface area contributed by atoms with Gasteiger partial charge in [-0.25, -0.2) is 4.39 Å². The summed E-state index contributed by atoms with van der Waals surface area (Å²) in [6, 6.07) is 30.9. The lowest BCUT2D eigenvalue weighted by Gasteiger charge is -2.48. The Bertz CT molecular complexity index is 1980. The third-order valence-corrected chi connectivity index (χ3v) is 9.83. The van der Waals surface area contributed by atoms with Crippen LogP contribution in [0.2, 0.25) is 5.02 Å². The van der Waals surface area contributed by atoms with Crippen molar-refractivity contribution in [2.24, 2.45) is 0 Å². The summed E-state index contributed by atoms with van der Waals surface area (Å²) in [5.74, 6) is -0.267. The average Bonchev–Trinajstić information content (AvgIpc) is 3.58. The highest BCUT2D eigenvalue weighted by molar-refractivity contribution is 6.35. The number of ether oxygens (including phenoxy) is 1. The van der Waals surface area contributed by atoms with Crippen LogP contribution in [0.25, 0.3) is 21.8 Å². The van der Waals surface area contributed by atoms with Crippen molar-refractivity contribution in [2.45, 2.75) is 37.8 Å². The molecule has 0 aliphatic carbocycles. The number of rotatable bonds is 12. The lowest BCUT2D eigenvalue weighted by Crippen LogP contribution is -2.61. The number of fused-ring (bicyclic) bond motifs is 2. The molecule has 2 aromatic heterocycles. The first kappa shape index (κ1) is 32.9. The van der Waals surface area contributed by atoms with Crippen molar-refractivity contribution in [3.05, 3.63) is 143 Å². The van der Waals surface area contributed by atoms with E-state index in [2.05, 4.69) is 69.0 Å². The Morgan fingerprint density at radius 2 is 1.60 bits per heavy atom. The van der Waals surface area contributed by atoms with Gasteiger partial charge in [0.1, 0.15) is 11.9 Å². The molecule has 0 aliphatic rings. The standard InChI is InChI=1S/C39H42ClFN4O2/c1-26-23-44(34-20-19-30(41)21-32(26)34)37(28-13-8-6-9-14-28)35(47-5)25-43(4)39(36(46)22-42-3,29-15-10-7-11-16-29)45-24-27(2)31-17-12-18-33(40)38(31)45/h6-21,23-24,35-37,42,46H,22,25H2,1-5H3. The number of nitrogens with zero attached hydrogens (tertiary/aromatic N) is 3. The molecule has 6 aromatic rings. The number of hydrogen-bond donors (Lipinski definition) is 2. The van der Waals surface area contributed by atoms with E-state index < -0.39 is 17.9 Å². The Morgan fingerprint density at radius 3 is 2.28 bits per heavy atom. The van der Waals surface area contributed by atoms with Gasteiger partial charge in [0.15, 0.2) is 5.66 Å². The van der Waals surface area contributed by atoms with Crippen LogP contribution in [0.4, 0.5) is 4.39 Å². The second kappa shape index (κ2) is 13.6. The summed E-state index contributed by atoms with van der Waals surface area (Å²) in [6.45, 7) is 4.80. The monoisotopic (exact) mass is 652 g/mol. The molecule has 0 radical (unpaired) electrons. The fourth-order valence-corrected chi connectivity index (χ4v) is 7.65. The van der Waals surface area contributed by atoms with Crippen LogP contribution < -0.4 is 5.32 Å². The molecule has 2 heterocycles. The maximum atomic E-state index is 14.4. The van der Waals surface area contributed by atoms with E-state index in [1.165, 1.54) is 6.07 Å². The molecule has 2 N–H and O–H groups in total. The molecule has 0 amide bonds. The van der Waals surface area contributed by atoms with Crippen LogP contribution >= 0.6 is 11.6 Å². The summed E-state index contributed by atoms with van der Waals surface area (Å²) in [5.41, 5.74) is 4.67. The van der Waals surface area contributed by atoms with E-state index in [4.69, 9.17) is 16.3 Å². The molecular weight excluding hydrogens is 611 g/mol. The summed E-state index contributed by atoms with van der Waals surface area (Å²) in [7, 11) is 5.61. The summed E-state index contributed by atoms with van der Waals surface area (Å²) < 4.78 is 25.2. The Hall–Kier alpha value is -3.98. The van der Waals surface area contributed by atoms with E-state index in [1.807, 2.05) is 75.6 Å².